The van der Waals surface area contributed by atoms with E-state index in [9.17, 15) is 8.42 Å². The lowest BCUT2D eigenvalue weighted by molar-refractivity contribution is 0.486. The zero-order valence-corrected chi connectivity index (χ0v) is 14.2. The lowest BCUT2D eigenvalue weighted by Gasteiger charge is -2.23. The molecule has 0 atom stereocenters. The van der Waals surface area contributed by atoms with Crippen LogP contribution >= 0.6 is 28.1 Å². The van der Waals surface area contributed by atoms with E-state index in [1.807, 2.05) is 0 Å². The molecule has 1 aliphatic carbocycles. The number of sulfonamides is 1. The van der Waals surface area contributed by atoms with Crippen LogP contribution in [0.3, 0.4) is 0 Å². The Labute approximate surface area is 133 Å². The number of rotatable bonds is 4. The van der Waals surface area contributed by atoms with Gasteiger partial charge >= 0.3 is 0 Å². The summed E-state index contributed by atoms with van der Waals surface area (Å²) in [6.45, 7) is 0. The van der Waals surface area contributed by atoms with Crippen LogP contribution in [0.5, 0.6) is 0 Å². The van der Waals surface area contributed by atoms with Crippen molar-refractivity contribution in [3.05, 3.63) is 28.2 Å². The standard InChI is InChI=1S/C13H17BrN2O2S2/c14-9-6-7-11(13(15)19)12(8-9)16-20(17,18)10-4-2-1-3-5-10/h6-8,10,16H,1-5H2,(H2,15,19). The monoisotopic (exact) mass is 376 g/mol. The van der Waals surface area contributed by atoms with Crippen molar-refractivity contribution >= 4 is 48.8 Å². The summed E-state index contributed by atoms with van der Waals surface area (Å²) in [6, 6.07) is 5.19. The first-order chi connectivity index (χ1) is 9.40. The number of nitrogens with one attached hydrogen (secondary N) is 1. The highest BCUT2D eigenvalue weighted by Gasteiger charge is 2.27. The molecular weight excluding hydrogens is 360 g/mol. The van der Waals surface area contributed by atoms with Crippen molar-refractivity contribution < 1.29 is 8.42 Å². The molecule has 1 aromatic rings. The fraction of sp³-hybridized carbons (Fsp3) is 0.462. The largest absolute Gasteiger partial charge is 0.389 e. The van der Waals surface area contributed by atoms with E-state index in [-0.39, 0.29) is 10.2 Å². The SMILES string of the molecule is NC(=S)c1ccc(Br)cc1NS(=O)(=O)C1CCCCC1. The zero-order chi connectivity index (χ0) is 14.8. The van der Waals surface area contributed by atoms with Gasteiger partial charge in [0.1, 0.15) is 4.99 Å². The van der Waals surface area contributed by atoms with E-state index in [0.717, 1.165) is 23.7 Å². The second-order valence-corrected chi connectivity index (χ2v) is 8.28. The van der Waals surface area contributed by atoms with Crippen molar-refractivity contribution in [2.75, 3.05) is 4.72 Å². The maximum Gasteiger partial charge on any atom is 0.235 e. The fourth-order valence-electron chi connectivity index (χ4n) is 2.43. The molecule has 0 amide bonds. The van der Waals surface area contributed by atoms with Gasteiger partial charge in [0.25, 0.3) is 0 Å². The van der Waals surface area contributed by atoms with E-state index < -0.39 is 10.0 Å². The summed E-state index contributed by atoms with van der Waals surface area (Å²) >= 11 is 8.30. The van der Waals surface area contributed by atoms with E-state index >= 15 is 0 Å². The minimum absolute atomic E-state index is 0.179. The minimum atomic E-state index is -3.40. The molecule has 0 unspecified atom stereocenters. The van der Waals surface area contributed by atoms with Crippen LogP contribution in [0.4, 0.5) is 5.69 Å². The third-order valence-corrected chi connectivity index (χ3v) is 6.06. The molecule has 0 saturated heterocycles. The van der Waals surface area contributed by atoms with Crippen molar-refractivity contribution in [1.82, 2.24) is 0 Å². The summed E-state index contributed by atoms with van der Waals surface area (Å²) in [4.78, 5) is 0.179. The number of hydrogen-bond donors (Lipinski definition) is 2. The van der Waals surface area contributed by atoms with Gasteiger partial charge in [0.15, 0.2) is 0 Å². The van der Waals surface area contributed by atoms with Gasteiger partial charge in [-0.2, -0.15) is 0 Å². The van der Waals surface area contributed by atoms with Gasteiger partial charge in [-0.05, 0) is 31.0 Å². The van der Waals surface area contributed by atoms with E-state index in [1.165, 1.54) is 0 Å². The highest BCUT2D eigenvalue weighted by Crippen LogP contribution is 2.28. The number of benzene rings is 1. The van der Waals surface area contributed by atoms with Crippen molar-refractivity contribution in [1.29, 1.82) is 0 Å². The first-order valence-corrected chi connectivity index (χ1v) is 9.26. The highest BCUT2D eigenvalue weighted by atomic mass is 79.9. The Morgan fingerprint density at radius 1 is 1.30 bits per heavy atom. The smallest absolute Gasteiger partial charge is 0.235 e. The minimum Gasteiger partial charge on any atom is -0.389 e. The van der Waals surface area contributed by atoms with E-state index in [4.69, 9.17) is 18.0 Å². The van der Waals surface area contributed by atoms with Crippen LogP contribution in [0.2, 0.25) is 0 Å². The van der Waals surface area contributed by atoms with Crippen LogP contribution in [0.1, 0.15) is 37.7 Å². The molecule has 20 heavy (non-hydrogen) atoms. The number of hydrogen-bond acceptors (Lipinski definition) is 3. The molecule has 3 N–H and O–H groups in total. The first kappa shape index (κ1) is 15.7. The third-order valence-electron chi connectivity index (χ3n) is 3.49. The molecule has 1 aromatic carbocycles. The van der Waals surface area contributed by atoms with E-state index in [2.05, 4.69) is 20.7 Å². The van der Waals surface area contributed by atoms with Gasteiger partial charge in [-0.25, -0.2) is 8.42 Å². The maximum absolute atomic E-state index is 12.4. The molecule has 7 heteroatoms. The lowest BCUT2D eigenvalue weighted by Crippen LogP contribution is -2.30. The second kappa shape index (κ2) is 6.41. The van der Waals surface area contributed by atoms with Crippen LogP contribution in [-0.2, 0) is 10.0 Å². The van der Waals surface area contributed by atoms with Crippen molar-refractivity contribution in [3.63, 3.8) is 0 Å². The quantitative estimate of drug-likeness (QED) is 0.791. The predicted molar refractivity (Wildman–Crippen MR) is 89.4 cm³/mol. The second-order valence-electron chi connectivity index (χ2n) is 4.96. The normalized spacial score (nSPS) is 16.9. The Morgan fingerprint density at radius 2 is 1.95 bits per heavy atom. The number of halogens is 1. The van der Waals surface area contributed by atoms with Gasteiger partial charge in [-0.1, -0.05) is 47.4 Å². The van der Waals surface area contributed by atoms with Crippen molar-refractivity contribution in [2.45, 2.75) is 37.4 Å². The average Bonchev–Trinajstić information content (AvgIpc) is 2.39. The molecule has 1 aliphatic rings. The van der Waals surface area contributed by atoms with Crippen LogP contribution in [-0.4, -0.2) is 18.7 Å². The van der Waals surface area contributed by atoms with E-state index in [1.54, 1.807) is 18.2 Å². The summed E-state index contributed by atoms with van der Waals surface area (Å²) in [5.41, 5.74) is 6.63. The predicted octanol–water partition coefficient (Wildman–Crippen LogP) is 3.16. The summed E-state index contributed by atoms with van der Waals surface area (Å²) < 4.78 is 28.3. The molecule has 4 nitrogen and oxygen atoms in total. The molecule has 0 aliphatic heterocycles. The van der Waals surface area contributed by atoms with E-state index in [0.29, 0.717) is 24.1 Å². The topological polar surface area (TPSA) is 72.2 Å². The average molecular weight is 377 g/mol. The highest BCUT2D eigenvalue weighted by molar-refractivity contribution is 9.10. The summed E-state index contributed by atoms with van der Waals surface area (Å²) in [6.07, 6.45) is 4.47. The van der Waals surface area contributed by atoms with Gasteiger partial charge in [-0.3, -0.25) is 4.72 Å². The summed E-state index contributed by atoms with van der Waals surface area (Å²) in [7, 11) is -3.40. The summed E-state index contributed by atoms with van der Waals surface area (Å²) in [5.74, 6) is 0. The van der Waals surface area contributed by atoms with Gasteiger partial charge in [0.05, 0.1) is 10.9 Å². The van der Waals surface area contributed by atoms with Crippen molar-refractivity contribution in [2.24, 2.45) is 5.73 Å². The molecule has 1 saturated carbocycles. The van der Waals surface area contributed by atoms with Crippen LogP contribution in [0.15, 0.2) is 22.7 Å². The molecule has 2 rings (SSSR count). The molecule has 0 spiro atoms. The Bertz CT molecular complexity index is 611. The van der Waals surface area contributed by atoms with Crippen LogP contribution < -0.4 is 10.5 Å². The number of anilines is 1. The molecule has 0 aromatic heterocycles. The van der Waals surface area contributed by atoms with Gasteiger partial charge < -0.3 is 5.73 Å². The molecule has 1 fully saturated rings. The van der Waals surface area contributed by atoms with Gasteiger partial charge in [0, 0.05) is 10.0 Å². The summed E-state index contributed by atoms with van der Waals surface area (Å²) in [5, 5.41) is -0.325. The molecular formula is C13H17BrN2O2S2. The first-order valence-electron chi connectivity index (χ1n) is 6.51. The van der Waals surface area contributed by atoms with Crippen LogP contribution in [0, 0.1) is 0 Å². The number of nitrogens with two attached hydrogens (primary N) is 1. The van der Waals surface area contributed by atoms with Crippen molar-refractivity contribution in [3.8, 4) is 0 Å². The molecule has 0 heterocycles. The molecule has 0 bridgehead atoms. The van der Waals surface area contributed by atoms with Crippen LogP contribution in [0.25, 0.3) is 0 Å². The molecule has 0 radical (unpaired) electrons. The Kier molecular flexibility index (Phi) is 5.04. The third kappa shape index (κ3) is 3.71. The zero-order valence-electron chi connectivity index (χ0n) is 10.9. The Hall–Kier alpha value is -0.660. The number of thiocarbonyl (C=S) groups is 1. The fourth-order valence-corrected chi connectivity index (χ4v) is 4.56. The van der Waals surface area contributed by atoms with Gasteiger partial charge in [0.2, 0.25) is 10.0 Å². The van der Waals surface area contributed by atoms with Gasteiger partial charge in [-0.15, -0.1) is 0 Å². The lowest BCUT2D eigenvalue weighted by atomic mass is 10.0. The maximum atomic E-state index is 12.4. The molecule has 110 valence electrons. The Balaban J connectivity index is 2.28. The Morgan fingerprint density at radius 3 is 2.55 bits per heavy atom.